The second kappa shape index (κ2) is 9.58. The van der Waals surface area contributed by atoms with Crippen molar-refractivity contribution in [3.63, 3.8) is 0 Å². The first-order chi connectivity index (χ1) is 13.6. The molecule has 0 saturated carbocycles. The topological polar surface area (TPSA) is 70.6 Å². The summed E-state index contributed by atoms with van der Waals surface area (Å²) in [5, 5.41) is 15.1. The molecule has 0 bridgehead atoms. The second-order valence-corrected chi connectivity index (χ2v) is 6.61. The molecule has 0 aromatic heterocycles. The minimum atomic E-state index is -0.359. The molecule has 1 atom stereocenters. The number of aliphatic hydroxyl groups excluding tert-OH is 1. The molecule has 144 valence electrons. The zero-order valence-corrected chi connectivity index (χ0v) is 15.8. The summed E-state index contributed by atoms with van der Waals surface area (Å²) in [6.45, 7) is 1.89. The van der Waals surface area contributed by atoms with Gasteiger partial charge in [-0.15, -0.1) is 0 Å². The molecule has 3 aromatic rings. The van der Waals surface area contributed by atoms with Gasteiger partial charge in [-0.3, -0.25) is 0 Å². The van der Waals surface area contributed by atoms with Crippen LogP contribution in [0, 0.1) is 6.92 Å². The summed E-state index contributed by atoms with van der Waals surface area (Å²) in [7, 11) is 0. The van der Waals surface area contributed by atoms with Gasteiger partial charge in [0.2, 0.25) is 0 Å². The summed E-state index contributed by atoms with van der Waals surface area (Å²) in [5.41, 5.74) is 2.87. The molecule has 0 fully saturated rings. The molecule has 0 aliphatic heterocycles. The van der Waals surface area contributed by atoms with E-state index in [2.05, 4.69) is 10.6 Å². The highest BCUT2D eigenvalue weighted by molar-refractivity contribution is 5.89. The van der Waals surface area contributed by atoms with Gasteiger partial charge in [-0.1, -0.05) is 48.0 Å². The van der Waals surface area contributed by atoms with Gasteiger partial charge in [0, 0.05) is 5.69 Å². The number of carbonyl (C=O) groups excluding carboxylic acids is 1. The van der Waals surface area contributed by atoms with E-state index in [4.69, 9.17) is 4.74 Å². The Labute approximate surface area is 165 Å². The molecule has 0 aliphatic rings. The molecule has 0 spiro atoms. The molecule has 0 aliphatic carbocycles. The van der Waals surface area contributed by atoms with Gasteiger partial charge >= 0.3 is 6.03 Å². The molecule has 1 unspecified atom stereocenters. The van der Waals surface area contributed by atoms with Crippen molar-refractivity contribution in [2.24, 2.45) is 0 Å². The summed E-state index contributed by atoms with van der Waals surface area (Å²) in [6.07, 6.45) is 0.564. The average molecular weight is 376 g/mol. The third kappa shape index (κ3) is 5.86. The van der Waals surface area contributed by atoms with Crippen LogP contribution in [0.1, 0.15) is 11.1 Å². The average Bonchev–Trinajstić information content (AvgIpc) is 2.71. The Morgan fingerprint density at radius 2 is 1.54 bits per heavy atom. The highest BCUT2D eigenvalue weighted by Crippen LogP contribution is 2.23. The Balaban J connectivity index is 1.52. The smallest absolute Gasteiger partial charge is 0.319 e. The van der Waals surface area contributed by atoms with Crippen molar-refractivity contribution in [2.45, 2.75) is 19.4 Å². The van der Waals surface area contributed by atoms with Gasteiger partial charge in [0.15, 0.2) is 0 Å². The highest BCUT2D eigenvalue weighted by atomic mass is 16.5. The summed E-state index contributed by atoms with van der Waals surface area (Å²) in [5.74, 6) is 1.45. The van der Waals surface area contributed by atoms with Crippen LogP contribution >= 0.6 is 0 Å². The van der Waals surface area contributed by atoms with Crippen LogP contribution in [0.5, 0.6) is 11.5 Å². The van der Waals surface area contributed by atoms with Gasteiger partial charge in [-0.05, 0) is 55.3 Å². The van der Waals surface area contributed by atoms with Crippen LogP contribution in [0.2, 0.25) is 0 Å². The van der Waals surface area contributed by atoms with Crippen LogP contribution < -0.4 is 15.4 Å². The van der Waals surface area contributed by atoms with Crippen molar-refractivity contribution in [1.29, 1.82) is 0 Å². The van der Waals surface area contributed by atoms with Crippen LogP contribution in [0.15, 0.2) is 78.9 Å². The number of nitrogens with one attached hydrogen (secondary N) is 2. The lowest BCUT2D eigenvalue weighted by Crippen LogP contribution is -2.41. The standard InChI is InChI=1S/C23H24N2O3/c1-17-7-11-21(12-8-17)28-22-13-9-19(10-14-22)24-23(27)25-20(16-26)15-18-5-3-2-4-6-18/h2-14,20,26H,15-16H2,1H3,(H2,24,25,27). The maximum atomic E-state index is 12.2. The van der Waals surface area contributed by atoms with Gasteiger partial charge in [0.05, 0.1) is 12.6 Å². The number of aliphatic hydroxyl groups is 1. The van der Waals surface area contributed by atoms with Crippen molar-refractivity contribution in [1.82, 2.24) is 5.32 Å². The highest BCUT2D eigenvalue weighted by Gasteiger charge is 2.12. The number of carbonyl (C=O) groups is 1. The van der Waals surface area contributed by atoms with E-state index in [9.17, 15) is 9.90 Å². The predicted molar refractivity (Wildman–Crippen MR) is 111 cm³/mol. The monoisotopic (exact) mass is 376 g/mol. The second-order valence-electron chi connectivity index (χ2n) is 6.61. The van der Waals surface area contributed by atoms with Crippen molar-refractivity contribution in [3.05, 3.63) is 90.0 Å². The lowest BCUT2D eigenvalue weighted by atomic mass is 10.1. The molecule has 0 radical (unpaired) electrons. The van der Waals surface area contributed by atoms with E-state index in [1.165, 1.54) is 5.56 Å². The Kier molecular flexibility index (Phi) is 6.65. The first-order valence-corrected chi connectivity index (χ1v) is 9.19. The zero-order chi connectivity index (χ0) is 19.8. The fourth-order valence-electron chi connectivity index (χ4n) is 2.76. The van der Waals surface area contributed by atoms with Crippen molar-refractivity contribution in [2.75, 3.05) is 11.9 Å². The SMILES string of the molecule is Cc1ccc(Oc2ccc(NC(=O)NC(CO)Cc3ccccc3)cc2)cc1. The fraction of sp³-hybridized carbons (Fsp3) is 0.174. The van der Waals surface area contributed by atoms with E-state index >= 15 is 0 Å². The van der Waals surface area contributed by atoms with Crippen LogP contribution in [0.3, 0.4) is 0 Å². The fourth-order valence-corrected chi connectivity index (χ4v) is 2.76. The molecule has 2 amide bonds. The number of aryl methyl sites for hydroxylation is 1. The number of rotatable bonds is 7. The van der Waals surface area contributed by atoms with Gasteiger partial charge in [0.1, 0.15) is 11.5 Å². The third-order valence-electron chi connectivity index (χ3n) is 4.25. The number of benzene rings is 3. The lowest BCUT2D eigenvalue weighted by Gasteiger charge is -2.17. The van der Waals surface area contributed by atoms with Gasteiger partial charge < -0.3 is 20.5 Å². The number of amides is 2. The van der Waals surface area contributed by atoms with Crippen LogP contribution in [0.4, 0.5) is 10.5 Å². The van der Waals surface area contributed by atoms with Crippen molar-refractivity contribution in [3.8, 4) is 11.5 Å². The number of hydrogen-bond donors (Lipinski definition) is 3. The number of anilines is 1. The minimum absolute atomic E-state index is 0.133. The number of urea groups is 1. The molecule has 0 saturated heterocycles. The van der Waals surface area contributed by atoms with Crippen molar-refractivity contribution >= 4 is 11.7 Å². The van der Waals surface area contributed by atoms with E-state index in [0.717, 1.165) is 11.3 Å². The molecular weight excluding hydrogens is 352 g/mol. The summed E-state index contributed by atoms with van der Waals surface area (Å²) >= 11 is 0. The van der Waals surface area contributed by atoms with Crippen LogP contribution in [-0.4, -0.2) is 23.8 Å². The molecule has 3 N–H and O–H groups in total. The van der Waals surface area contributed by atoms with Gasteiger partial charge in [0.25, 0.3) is 0 Å². The van der Waals surface area contributed by atoms with Gasteiger partial charge in [-0.25, -0.2) is 4.79 Å². The largest absolute Gasteiger partial charge is 0.457 e. The van der Waals surface area contributed by atoms with Crippen molar-refractivity contribution < 1.29 is 14.6 Å². The van der Waals surface area contributed by atoms with Gasteiger partial charge in [-0.2, -0.15) is 0 Å². The Hall–Kier alpha value is -3.31. The molecular formula is C23H24N2O3. The van der Waals surface area contributed by atoms with E-state index in [1.807, 2.05) is 61.5 Å². The van der Waals surface area contributed by atoms with Crippen LogP contribution in [0.25, 0.3) is 0 Å². The van der Waals surface area contributed by atoms with E-state index in [1.54, 1.807) is 24.3 Å². The van der Waals surface area contributed by atoms with Crippen LogP contribution in [-0.2, 0) is 6.42 Å². The Morgan fingerprint density at radius 3 is 2.14 bits per heavy atom. The third-order valence-corrected chi connectivity index (χ3v) is 4.25. The molecule has 3 aromatic carbocycles. The zero-order valence-electron chi connectivity index (χ0n) is 15.8. The predicted octanol–water partition coefficient (Wildman–Crippen LogP) is 4.51. The van der Waals surface area contributed by atoms with E-state index in [-0.39, 0.29) is 18.7 Å². The summed E-state index contributed by atoms with van der Waals surface area (Å²) in [4.78, 5) is 12.2. The quantitative estimate of drug-likeness (QED) is 0.568. The first kappa shape index (κ1) is 19.5. The summed E-state index contributed by atoms with van der Waals surface area (Å²) in [6, 6.07) is 24.0. The minimum Gasteiger partial charge on any atom is -0.457 e. The van der Waals surface area contributed by atoms with E-state index < -0.39 is 0 Å². The molecule has 0 heterocycles. The molecule has 5 heteroatoms. The maximum absolute atomic E-state index is 12.2. The number of ether oxygens (including phenoxy) is 1. The first-order valence-electron chi connectivity index (χ1n) is 9.19. The Morgan fingerprint density at radius 1 is 0.929 bits per heavy atom. The lowest BCUT2D eigenvalue weighted by molar-refractivity contribution is 0.224. The maximum Gasteiger partial charge on any atom is 0.319 e. The Bertz CT molecular complexity index is 878. The molecule has 28 heavy (non-hydrogen) atoms. The molecule has 5 nitrogen and oxygen atoms in total. The normalized spacial score (nSPS) is 11.5. The number of hydrogen-bond acceptors (Lipinski definition) is 3. The molecule has 3 rings (SSSR count). The summed E-state index contributed by atoms with van der Waals surface area (Å²) < 4.78 is 5.78. The van der Waals surface area contributed by atoms with E-state index in [0.29, 0.717) is 17.9 Å².